The lowest BCUT2D eigenvalue weighted by Crippen LogP contribution is -2.47. The summed E-state index contributed by atoms with van der Waals surface area (Å²) >= 11 is 1.40. The highest BCUT2D eigenvalue weighted by Gasteiger charge is 2.44. The number of nitrogens with one attached hydrogen (secondary N) is 1. The van der Waals surface area contributed by atoms with Crippen molar-refractivity contribution in [2.24, 2.45) is 15.9 Å². The second-order valence-corrected chi connectivity index (χ2v) is 10.2. The Morgan fingerprint density at radius 1 is 1.12 bits per heavy atom. The van der Waals surface area contributed by atoms with E-state index in [0.29, 0.717) is 17.4 Å². The van der Waals surface area contributed by atoms with Gasteiger partial charge in [0.2, 0.25) is 5.91 Å². The van der Waals surface area contributed by atoms with E-state index in [-0.39, 0.29) is 23.0 Å². The van der Waals surface area contributed by atoms with Crippen LogP contribution in [0.2, 0.25) is 0 Å². The largest absolute Gasteiger partial charge is 0.325 e. The van der Waals surface area contributed by atoms with Gasteiger partial charge in [-0.25, -0.2) is 4.99 Å². The first-order chi connectivity index (χ1) is 15.7. The molecule has 1 N–H and O–H groups in total. The van der Waals surface area contributed by atoms with Crippen molar-refractivity contribution in [1.29, 1.82) is 0 Å². The standard InChI is InChI=1S/C26H30N4O2S/c1-7-20(24(31)28-21-16(5)12-15(4)13-17(21)6)33-26-27-19-11-9-8-10-18(19)23-29-25(32)22(14(2)3)30(23)26/h8-14,20,22H,7H2,1-6H3,(H,28,31). The first-order valence-corrected chi connectivity index (χ1v) is 12.2. The lowest BCUT2D eigenvalue weighted by Gasteiger charge is -2.33. The molecule has 6 nitrogen and oxygen atoms in total. The number of amidine groups is 2. The number of benzene rings is 2. The highest BCUT2D eigenvalue weighted by atomic mass is 32.2. The Kier molecular flexibility index (Phi) is 6.43. The molecule has 2 amide bonds. The van der Waals surface area contributed by atoms with E-state index in [4.69, 9.17) is 4.99 Å². The van der Waals surface area contributed by atoms with Gasteiger partial charge in [-0.3, -0.25) is 14.5 Å². The van der Waals surface area contributed by atoms with Gasteiger partial charge in [0.05, 0.1) is 10.9 Å². The van der Waals surface area contributed by atoms with E-state index < -0.39 is 6.04 Å². The molecule has 2 aromatic rings. The quantitative estimate of drug-likeness (QED) is 0.648. The number of amides is 2. The van der Waals surface area contributed by atoms with Crippen LogP contribution in [0.1, 0.15) is 49.4 Å². The Morgan fingerprint density at radius 3 is 2.42 bits per heavy atom. The molecule has 2 aromatic carbocycles. The molecule has 172 valence electrons. The van der Waals surface area contributed by atoms with E-state index in [1.54, 1.807) is 0 Å². The van der Waals surface area contributed by atoms with E-state index in [9.17, 15) is 9.59 Å². The van der Waals surface area contributed by atoms with Crippen LogP contribution in [0.5, 0.6) is 0 Å². The fourth-order valence-electron chi connectivity index (χ4n) is 4.48. The van der Waals surface area contributed by atoms with Crippen molar-refractivity contribution in [2.75, 3.05) is 5.32 Å². The third-order valence-corrected chi connectivity index (χ3v) is 7.34. The molecule has 2 heterocycles. The van der Waals surface area contributed by atoms with Crippen molar-refractivity contribution in [3.63, 3.8) is 0 Å². The van der Waals surface area contributed by atoms with Gasteiger partial charge in [0, 0.05) is 11.3 Å². The number of carbonyl (C=O) groups is 2. The first kappa shape index (κ1) is 23.2. The lowest BCUT2D eigenvalue weighted by molar-refractivity contribution is -0.120. The number of aryl methyl sites for hydroxylation is 3. The van der Waals surface area contributed by atoms with Crippen LogP contribution < -0.4 is 5.32 Å². The second kappa shape index (κ2) is 9.14. The van der Waals surface area contributed by atoms with Crippen molar-refractivity contribution in [3.8, 4) is 0 Å². The highest BCUT2D eigenvalue weighted by molar-refractivity contribution is 8.15. The Bertz CT molecular complexity index is 1160. The summed E-state index contributed by atoms with van der Waals surface area (Å²) in [5.41, 5.74) is 5.74. The number of aliphatic imine (C=N–C) groups is 2. The molecular weight excluding hydrogens is 432 g/mol. The number of para-hydroxylation sites is 1. The molecule has 2 unspecified atom stereocenters. The molecule has 2 aliphatic rings. The molecule has 0 radical (unpaired) electrons. The van der Waals surface area contributed by atoms with E-state index >= 15 is 0 Å². The van der Waals surface area contributed by atoms with Crippen LogP contribution in [0, 0.1) is 26.7 Å². The maximum atomic E-state index is 13.3. The maximum absolute atomic E-state index is 13.3. The lowest BCUT2D eigenvalue weighted by atomic mass is 10.0. The number of nitrogens with zero attached hydrogens (tertiary/aromatic N) is 3. The zero-order chi connectivity index (χ0) is 23.9. The van der Waals surface area contributed by atoms with Gasteiger partial charge in [-0.1, -0.05) is 62.4 Å². The van der Waals surface area contributed by atoms with E-state index in [1.165, 1.54) is 17.3 Å². The summed E-state index contributed by atoms with van der Waals surface area (Å²) in [6, 6.07) is 11.4. The van der Waals surface area contributed by atoms with Crippen molar-refractivity contribution < 1.29 is 9.59 Å². The summed E-state index contributed by atoms with van der Waals surface area (Å²) in [4.78, 5) is 37.3. The fourth-order valence-corrected chi connectivity index (χ4v) is 5.53. The summed E-state index contributed by atoms with van der Waals surface area (Å²) in [6.07, 6.45) is 0.627. The van der Waals surface area contributed by atoms with Crippen LogP contribution in [0.4, 0.5) is 11.4 Å². The molecule has 0 aliphatic carbocycles. The first-order valence-electron chi connectivity index (χ1n) is 11.4. The zero-order valence-corrected chi connectivity index (χ0v) is 20.8. The highest BCUT2D eigenvalue weighted by Crippen LogP contribution is 2.37. The number of thioether (sulfide) groups is 1. The topological polar surface area (TPSA) is 74.1 Å². The predicted octanol–water partition coefficient (Wildman–Crippen LogP) is 5.38. The number of hydrogen-bond acceptors (Lipinski definition) is 5. The number of rotatable bonds is 5. The summed E-state index contributed by atoms with van der Waals surface area (Å²) in [6.45, 7) is 12.1. The minimum atomic E-state index is -0.415. The molecule has 2 aliphatic heterocycles. The van der Waals surface area contributed by atoms with Gasteiger partial charge in [-0.15, -0.1) is 0 Å². The molecular formula is C26H30N4O2S. The van der Waals surface area contributed by atoms with Crippen molar-refractivity contribution in [1.82, 2.24) is 4.90 Å². The second-order valence-electron chi connectivity index (χ2n) is 9.02. The van der Waals surface area contributed by atoms with Crippen molar-refractivity contribution >= 4 is 46.0 Å². The molecule has 2 atom stereocenters. The average molecular weight is 463 g/mol. The Hall–Kier alpha value is -2.93. The number of hydrogen-bond donors (Lipinski definition) is 1. The van der Waals surface area contributed by atoms with Gasteiger partial charge in [-0.2, -0.15) is 4.99 Å². The number of fused-ring (bicyclic) bond motifs is 3. The SMILES string of the molecule is CCC(SC1=Nc2ccccc2C2=NC(=O)C(C(C)C)N12)C(=O)Nc1c(C)cc(C)cc1C. The molecule has 0 spiro atoms. The molecule has 0 aromatic heterocycles. The summed E-state index contributed by atoms with van der Waals surface area (Å²) in [7, 11) is 0. The van der Waals surface area contributed by atoms with E-state index in [2.05, 4.69) is 29.4 Å². The summed E-state index contributed by atoms with van der Waals surface area (Å²) in [5, 5.41) is 3.42. The Balaban J connectivity index is 1.66. The minimum absolute atomic E-state index is 0.0570. The normalized spacial score (nSPS) is 18.0. The molecule has 7 heteroatoms. The summed E-state index contributed by atoms with van der Waals surface area (Å²) < 4.78 is 0. The molecule has 0 fully saturated rings. The van der Waals surface area contributed by atoms with E-state index in [0.717, 1.165) is 28.1 Å². The van der Waals surface area contributed by atoms with Crippen LogP contribution in [0.3, 0.4) is 0 Å². The van der Waals surface area contributed by atoms with Gasteiger partial charge in [0.1, 0.15) is 11.9 Å². The number of carbonyl (C=O) groups excluding carboxylic acids is 2. The van der Waals surface area contributed by atoms with Gasteiger partial charge in [-0.05, 0) is 56.4 Å². The zero-order valence-electron chi connectivity index (χ0n) is 20.0. The maximum Gasteiger partial charge on any atom is 0.271 e. The Labute approximate surface area is 199 Å². The van der Waals surface area contributed by atoms with Crippen molar-refractivity contribution in [3.05, 3.63) is 58.7 Å². The van der Waals surface area contributed by atoms with E-state index in [1.807, 2.05) is 63.8 Å². The van der Waals surface area contributed by atoms with Crippen LogP contribution in [0.25, 0.3) is 0 Å². The van der Waals surface area contributed by atoms with Gasteiger partial charge >= 0.3 is 0 Å². The summed E-state index contributed by atoms with van der Waals surface area (Å²) in [5.74, 6) is 0.464. The molecule has 4 rings (SSSR count). The third-order valence-electron chi connectivity index (χ3n) is 6.01. The van der Waals surface area contributed by atoms with Crippen LogP contribution in [0.15, 0.2) is 46.4 Å². The average Bonchev–Trinajstić information content (AvgIpc) is 3.11. The van der Waals surface area contributed by atoms with Crippen LogP contribution >= 0.6 is 11.8 Å². The number of anilines is 1. The predicted molar refractivity (Wildman–Crippen MR) is 136 cm³/mol. The van der Waals surface area contributed by atoms with Crippen LogP contribution in [-0.4, -0.2) is 39.0 Å². The van der Waals surface area contributed by atoms with Gasteiger partial charge in [0.25, 0.3) is 5.91 Å². The Morgan fingerprint density at radius 2 is 1.79 bits per heavy atom. The van der Waals surface area contributed by atoms with Gasteiger partial charge in [0.15, 0.2) is 5.17 Å². The monoisotopic (exact) mass is 462 g/mol. The molecule has 0 saturated carbocycles. The minimum Gasteiger partial charge on any atom is -0.325 e. The van der Waals surface area contributed by atoms with Crippen LogP contribution in [-0.2, 0) is 9.59 Å². The molecule has 33 heavy (non-hydrogen) atoms. The molecule has 0 saturated heterocycles. The fraction of sp³-hybridized carbons (Fsp3) is 0.385. The smallest absolute Gasteiger partial charge is 0.271 e. The van der Waals surface area contributed by atoms with Gasteiger partial charge < -0.3 is 5.32 Å². The third kappa shape index (κ3) is 4.34. The molecule has 0 bridgehead atoms. The van der Waals surface area contributed by atoms with Crippen molar-refractivity contribution in [2.45, 2.75) is 59.3 Å².